The molecule has 1 aliphatic heterocycles. The van der Waals surface area contributed by atoms with E-state index in [-0.39, 0.29) is 16.8 Å². The molecular weight excluding hydrogens is 302 g/mol. The molecule has 1 aromatic carbocycles. The summed E-state index contributed by atoms with van der Waals surface area (Å²) in [5.41, 5.74) is 7.42. The molecule has 6 nitrogen and oxygen atoms in total. The Bertz CT molecular complexity index is 686. The lowest BCUT2D eigenvalue weighted by molar-refractivity contribution is 0.0623. The summed E-state index contributed by atoms with van der Waals surface area (Å²) in [7, 11) is -3.86. The van der Waals surface area contributed by atoms with Crippen LogP contribution in [-0.4, -0.2) is 38.4 Å². The molecule has 22 heavy (non-hydrogen) atoms. The summed E-state index contributed by atoms with van der Waals surface area (Å²) < 4.78 is 23.4. The van der Waals surface area contributed by atoms with E-state index in [1.54, 1.807) is 24.8 Å². The Morgan fingerprint density at radius 3 is 2.59 bits per heavy atom. The number of amides is 1. The molecule has 0 bridgehead atoms. The van der Waals surface area contributed by atoms with Crippen LogP contribution in [0.3, 0.4) is 0 Å². The van der Waals surface area contributed by atoms with Gasteiger partial charge < -0.3 is 10.6 Å². The minimum Gasteiger partial charge on any atom is -0.334 e. The summed E-state index contributed by atoms with van der Waals surface area (Å²) in [6.45, 7) is 4.53. The second-order valence-electron chi connectivity index (χ2n) is 5.85. The second kappa shape index (κ2) is 6.36. The number of nitrogens with two attached hydrogens (primary N) is 2. The summed E-state index contributed by atoms with van der Waals surface area (Å²) in [5, 5.41) is 5.25. The predicted octanol–water partition coefficient (Wildman–Crippen LogP) is 0.904. The third-order valence-corrected chi connectivity index (χ3v) is 5.37. The van der Waals surface area contributed by atoms with Gasteiger partial charge in [0.1, 0.15) is 0 Å². The minimum absolute atomic E-state index is 0.0113. The number of likely N-dealkylation sites (tertiary alicyclic amines) is 1. The van der Waals surface area contributed by atoms with Gasteiger partial charge >= 0.3 is 0 Å². The van der Waals surface area contributed by atoms with Gasteiger partial charge in [-0.15, -0.1) is 0 Å². The zero-order valence-corrected chi connectivity index (χ0v) is 13.8. The Hall–Kier alpha value is -1.44. The molecule has 7 heteroatoms. The maximum atomic E-state index is 12.7. The number of hydrogen-bond acceptors (Lipinski definition) is 4. The highest BCUT2D eigenvalue weighted by molar-refractivity contribution is 7.89. The molecule has 1 fully saturated rings. The highest BCUT2D eigenvalue weighted by Crippen LogP contribution is 2.24. The van der Waals surface area contributed by atoms with Crippen LogP contribution in [0, 0.1) is 13.8 Å². The summed E-state index contributed by atoms with van der Waals surface area (Å²) in [6, 6.07) is 3.11. The van der Waals surface area contributed by atoms with Crippen molar-refractivity contribution in [2.75, 3.05) is 13.1 Å². The summed E-state index contributed by atoms with van der Waals surface area (Å²) >= 11 is 0. The van der Waals surface area contributed by atoms with E-state index in [2.05, 4.69) is 0 Å². The molecule has 1 atom stereocenters. The molecule has 0 aromatic heterocycles. The number of nitrogens with zero attached hydrogens (tertiary/aromatic N) is 1. The van der Waals surface area contributed by atoms with E-state index in [4.69, 9.17) is 10.9 Å². The molecule has 122 valence electrons. The number of piperidine rings is 1. The summed E-state index contributed by atoms with van der Waals surface area (Å²) in [4.78, 5) is 14.5. The van der Waals surface area contributed by atoms with Crippen LogP contribution in [0.5, 0.6) is 0 Å². The van der Waals surface area contributed by atoms with Crippen molar-refractivity contribution in [1.82, 2.24) is 4.90 Å². The van der Waals surface area contributed by atoms with Crippen LogP contribution in [0.4, 0.5) is 0 Å². The smallest absolute Gasteiger partial charge is 0.254 e. The van der Waals surface area contributed by atoms with Crippen LogP contribution in [-0.2, 0) is 10.0 Å². The van der Waals surface area contributed by atoms with Crippen LogP contribution in [0.1, 0.15) is 40.7 Å². The third-order valence-electron chi connectivity index (χ3n) is 4.33. The van der Waals surface area contributed by atoms with Gasteiger partial charge in [-0.2, -0.15) is 0 Å². The largest absolute Gasteiger partial charge is 0.334 e. The van der Waals surface area contributed by atoms with E-state index in [1.807, 2.05) is 0 Å². The van der Waals surface area contributed by atoms with Gasteiger partial charge in [0.15, 0.2) is 0 Å². The van der Waals surface area contributed by atoms with Crippen molar-refractivity contribution < 1.29 is 13.2 Å². The number of aryl methyl sites for hydroxylation is 1. The number of sulfonamides is 1. The van der Waals surface area contributed by atoms with E-state index < -0.39 is 10.0 Å². The molecule has 0 spiro atoms. The van der Waals surface area contributed by atoms with Crippen molar-refractivity contribution >= 4 is 15.9 Å². The predicted molar refractivity (Wildman–Crippen MR) is 85.0 cm³/mol. The van der Waals surface area contributed by atoms with Crippen LogP contribution < -0.4 is 10.9 Å². The van der Waals surface area contributed by atoms with Gasteiger partial charge in [0.2, 0.25) is 10.0 Å². The molecule has 1 aromatic rings. The molecule has 1 unspecified atom stereocenters. The van der Waals surface area contributed by atoms with Crippen molar-refractivity contribution in [3.05, 3.63) is 28.8 Å². The fourth-order valence-electron chi connectivity index (χ4n) is 2.92. The Morgan fingerprint density at radius 2 is 2.00 bits per heavy atom. The van der Waals surface area contributed by atoms with Gasteiger partial charge in [-0.25, -0.2) is 13.6 Å². The lowest BCUT2D eigenvalue weighted by Gasteiger charge is -2.35. The van der Waals surface area contributed by atoms with E-state index in [9.17, 15) is 13.2 Å². The molecule has 2 rings (SSSR count). The lowest BCUT2D eigenvalue weighted by atomic mass is 9.99. The first-order valence-corrected chi connectivity index (χ1v) is 8.95. The van der Waals surface area contributed by atoms with Gasteiger partial charge in [0.25, 0.3) is 5.91 Å². The second-order valence-corrected chi connectivity index (χ2v) is 7.37. The number of rotatable bonds is 3. The number of carbonyl (C=O) groups excluding carboxylic acids is 1. The Labute approximate surface area is 131 Å². The van der Waals surface area contributed by atoms with E-state index >= 15 is 0 Å². The van der Waals surface area contributed by atoms with Crippen LogP contribution >= 0.6 is 0 Å². The SMILES string of the molecule is Cc1cc(C(=O)N2CCCCC2CN)cc(S(N)(=O)=O)c1C. The van der Waals surface area contributed by atoms with Gasteiger partial charge in [0.05, 0.1) is 4.90 Å². The fraction of sp³-hybridized carbons (Fsp3) is 0.533. The quantitative estimate of drug-likeness (QED) is 0.861. The maximum absolute atomic E-state index is 12.7. The molecule has 0 aliphatic carbocycles. The zero-order chi connectivity index (χ0) is 16.5. The highest BCUT2D eigenvalue weighted by atomic mass is 32.2. The first kappa shape index (κ1) is 16.9. The van der Waals surface area contributed by atoms with Crippen LogP contribution in [0.15, 0.2) is 17.0 Å². The molecule has 0 saturated carbocycles. The topological polar surface area (TPSA) is 106 Å². The van der Waals surface area contributed by atoms with Crippen molar-refractivity contribution in [1.29, 1.82) is 0 Å². The normalized spacial score (nSPS) is 19.3. The zero-order valence-electron chi connectivity index (χ0n) is 13.0. The van der Waals surface area contributed by atoms with E-state index in [0.29, 0.717) is 24.2 Å². The Kier molecular flexibility index (Phi) is 4.89. The average molecular weight is 325 g/mol. The number of benzene rings is 1. The molecule has 4 N–H and O–H groups in total. The Balaban J connectivity index is 2.44. The minimum atomic E-state index is -3.86. The van der Waals surface area contributed by atoms with Gasteiger partial charge in [-0.3, -0.25) is 4.79 Å². The molecule has 1 heterocycles. The Morgan fingerprint density at radius 1 is 1.32 bits per heavy atom. The first-order valence-electron chi connectivity index (χ1n) is 7.40. The number of carbonyl (C=O) groups is 1. The fourth-order valence-corrected chi connectivity index (χ4v) is 3.80. The van der Waals surface area contributed by atoms with Gasteiger partial charge in [-0.1, -0.05) is 0 Å². The van der Waals surface area contributed by atoms with E-state index in [1.165, 1.54) is 6.07 Å². The summed E-state index contributed by atoms with van der Waals surface area (Å²) in [6.07, 6.45) is 2.88. The van der Waals surface area contributed by atoms with Crippen molar-refractivity contribution in [2.24, 2.45) is 10.9 Å². The molecule has 1 amide bonds. The van der Waals surface area contributed by atoms with Crippen molar-refractivity contribution in [3.8, 4) is 0 Å². The summed E-state index contributed by atoms with van der Waals surface area (Å²) in [5.74, 6) is -0.178. The number of hydrogen-bond donors (Lipinski definition) is 2. The highest BCUT2D eigenvalue weighted by Gasteiger charge is 2.27. The van der Waals surface area contributed by atoms with E-state index in [0.717, 1.165) is 24.8 Å². The molecule has 1 saturated heterocycles. The standard InChI is InChI=1S/C15H23N3O3S/c1-10-7-12(8-14(11(10)2)22(17,20)21)15(19)18-6-4-3-5-13(18)9-16/h7-8,13H,3-6,9,16H2,1-2H3,(H2,17,20,21). The van der Waals surface area contributed by atoms with Gasteiger partial charge in [0, 0.05) is 24.7 Å². The first-order chi connectivity index (χ1) is 10.3. The van der Waals surface area contributed by atoms with Crippen molar-refractivity contribution in [3.63, 3.8) is 0 Å². The maximum Gasteiger partial charge on any atom is 0.254 e. The lowest BCUT2D eigenvalue weighted by Crippen LogP contribution is -2.47. The third kappa shape index (κ3) is 3.31. The number of primary sulfonamides is 1. The van der Waals surface area contributed by atoms with Crippen molar-refractivity contribution in [2.45, 2.75) is 44.0 Å². The van der Waals surface area contributed by atoms with Crippen LogP contribution in [0.25, 0.3) is 0 Å². The molecule has 1 aliphatic rings. The monoisotopic (exact) mass is 325 g/mol. The van der Waals surface area contributed by atoms with Crippen LogP contribution in [0.2, 0.25) is 0 Å². The van der Waals surface area contributed by atoms with Gasteiger partial charge in [-0.05, 0) is 56.4 Å². The molecular formula is C15H23N3O3S. The average Bonchev–Trinajstić information content (AvgIpc) is 2.47. The molecule has 0 radical (unpaired) electrons.